The molecule has 1 amide bonds. The molecule has 2 aromatic heterocycles. The molecule has 4 rings (SSSR count). The van der Waals surface area contributed by atoms with Gasteiger partial charge in [0, 0.05) is 37.6 Å². The lowest BCUT2D eigenvalue weighted by Crippen LogP contribution is -2.40. The minimum Gasteiger partial charge on any atom is -0.462 e. The van der Waals surface area contributed by atoms with E-state index in [2.05, 4.69) is 9.69 Å². The van der Waals surface area contributed by atoms with E-state index in [-0.39, 0.29) is 17.3 Å². The van der Waals surface area contributed by atoms with Crippen molar-refractivity contribution in [3.8, 4) is 0 Å². The van der Waals surface area contributed by atoms with Crippen LogP contribution in [0.15, 0.2) is 6.20 Å². The summed E-state index contributed by atoms with van der Waals surface area (Å²) >= 11 is 1.29. The molecule has 2 aromatic rings. The molecule has 9 heteroatoms. The summed E-state index contributed by atoms with van der Waals surface area (Å²) in [6.45, 7) is 6.93. The topological polar surface area (TPSA) is 95.3 Å². The molecular formula is C21H28N4O4S. The molecule has 162 valence electrons. The number of fused-ring (bicyclic) bond motifs is 1. The first-order valence-electron chi connectivity index (χ1n) is 10.6. The van der Waals surface area contributed by atoms with Crippen molar-refractivity contribution in [3.63, 3.8) is 0 Å². The van der Waals surface area contributed by atoms with Gasteiger partial charge in [-0.15, -0.1) is 0 Å². The highest BCUT2D eigenvalue weighted by molar-refractivity contribution is 7.06. The Morgan fingerprint density at radius 2 is 2.20 bits per heavy atom. The van der Waals surface area contributed by atoms with Gasteiger partial charge in [-0.3, -0.25) is 9.48 Å². The van der Waals surface area contributed by atoms with Gasteiger partial charge in [-0.25, -0.2) is 4.79 Å². The second-order valence-electron chi connectivity index (χ2n) is 8.10. The summed E-state index contributed by atoms with van der Waals surface area (Å²) in [6.07, 6.45) is 5.58. The van der Waals surface area contributed by atoms with E-state index in [0.29, 0.717) is 38.1 Å². The van der Waals surface area contributed by atoms with Crippen molar-refractivity contribution < 1.29 is 19.1 Å². The first kappa shape index (κ1) is 21.0. The molecule has 0 aliphatic carbocycles. The number of carbonyl (C=O) groups excluding carboxylic acids is 2. The van der Waals surface area contributed by atoms with Gasteiger partial charge in [-0.2, -0.15) is 9.47 Å². The zero-order valence-corrected chi connectivity index (χ0v) is 18.3. The van der Waals surface area contributed by atoms with Crippen molar-refractivity contribution in [3.05, 3.63) is 33.6 Å². The third-order valence-electron chi connectivity index (χ3n) is 6.13. The lowest BCUT2D eigenvalue weighted by molar-refractivity contribution is 0.0152. The van der Waals surface area contributed by atoms with Crippen molar-refractivity contribution in [2.45, 2.75) is 52.5 Å². The van der Waals surface area contributed by atoms with Crippen molar-refractivity contribution >= 4 is 23.4 Å². The standard InChI is InChI=1S/C21H28N4O4S/c1-3-16-18-17(11-21(13-22-19(18)26)5-9-28-10-6-21)25(24-16)7-4-8-29-20(27)15-12-23-30-14(15)2/h12H,3-11,13H2,1-2H3,(H,22,26). The van der Waals surface area contributed by atoms with E-state index in [4.69, 9.17) is 14.6 Å². The molecule has 2 aliphatic heterocycles. The van der Waals surface area contributed by atoms with Crippen molar-refractivity contribution in [2.75, 3.05) is 26.4 Å². The average molecular weight is 433 g/mol. The predicted molar refractivity (Wildman–Crippen MR) is 112 cm³/mol. The maximum Gasteiger partial charge on any atom is 0.340 e. The summed E-state index contributed by atoms with van der Waals surface area (Å²) in [6, 6.07) is 0. The third kappa shape index (κ3) is 4.13. The summed E-state index contributed by atoms with van der Waals surface area (Å²) in [7, 11) is 0. The molecule has 30 heavy (non-hydrogen) atoms. The van der Waals surface area contributed by atoms with Gasteiger partial charge in [-0.05, 0) is 49.6 Å². The number of nitrogens with one attached hydrogen (secondary N) is 1. The lowest BCUT2D eigenvalue weighted by atomic mass is 9.76. The van der Waals surface area contributed by atoms with Crippen LogP contribution in [-0.2, 0) is 28.9 Å². The number of carbonyl (C=O) groups is 2. The first-order chi connectivity index (χ1) is 14.5. The SMILES string of the molecule is CCc1nn(CCCOC(=O)c2cnsc2C)c2c1C(=O)NCC1(CCOCC1)C2. The minimum absolute atomic E-state index is 0.0247. The quantitative estimate of drug-likeness (QED) is 0.557. The van der Waals surface area contributed by atoms with E-state index in [0.717, 1.165) is 54.3 Å². The van der Waals surface area contributed by atoms with E-state index in [9.17, 15) is 9.59 Å². The van der Waals surface area contributed by atoms with Crippen LogP contribution in [0.4, 0.5) is 0 Å². The lowest BCUT2D eigenvalue weighted by Gasteiger charge is -2.36. The number of hydrogen-bond acceptors (Lipinski definition) is 7. The molecule has 0 unspecified atom stereocenters. The van der Waals surface area contributed by atoms with Crippen LogP contribution < -0.4 is 5.32 Å². The Bertz CT molecular complexity index is 930. The van der Waals surface area contributed by atoms with E-state index in [1.165, 1.54) is 11.5 Å². The van der Waals surface area contributed by atoms with Gasteiger partial charge < -0.3 is 14.8 Å². The van der Waals surface area contributed by atoms with Crippen molar-refractivity contribution in [1.82, 2.24) is 19.5 Å². The van der Waals surface area contributed by atoms with E-state index < -0.39 is 0 Å². The van der Waals surface area contributed by atoms with Crippen molar-refractivity contribution in [2.24, 2.45) is 5.41 Å². The highest BCUT2D eigenvalue weighted by Crippen LogP contribution is 2.37. The molecule has 8 nitrogen and oxygen atoms in total. The van der Waals surface area contributed by atoms with E-state index >= 15 is 0 Å². The number of aromatic nitrogens is 3. The van der Waals surface area contributed by atoms with E-state index in [1.54, 1.807) is 6.20 Å². The number of ether oxygens (including phenoxy) is 2. The van der Waals surface area contributed by atoms with Crippen LogP contribution in [0.3, 0.4) is 0 Å². The van der Waals surface area contributed by atoms with Gasteiger partial charge in [0.15, 0.2) is 0 Å². The first-order valence-corrected chi connectivity index (χ1v) is 11.3. The van der Waals surface area contributed by atoms with Gasteiger partial charge in [0.25, 0.3) is 5.91 Å². The van der Waals surface area contributed by atoms with Crippen LogP contribution in [0.5, 0.6) is 0 Å². The molecule has 1 N–H and O–H groups in total. The van der Waals surface area contributed by atoms with Crippen LogP contribution >= 0.6 is 11.5 Å². The molecule has 1 fully saturated rings. The normalized spacial score (nSPS) is 18.0. The second kappa shape index (κ2) is 8.85. The third-order valence-corrected chi connectivity index (χ3v) is 6.83. The fourth-order valence-corrected chi connectivity index (χ4v) is 4.86. The Hall–Kier alpha value is -2.26. The summed E-state index contributed by atoms with van der Waals surface area (Å²) in [5.41, 5.74) is 3.13. The Kier molecular flexibility index (Phi) is 6.19. The van der Waals surface area contributed by atoms with Crippen LogP contribution in [0.25, 0.3) is 0 Å². The Morgan fingerprint density at radius 1 is 1.40 bits per heavy atom. The fourth-order valence-electron chi connectivity index (χ4n) is 4.31. The van der Waals surface area contributed by atoms with Gasteiger partial charge in [0.2, 0.25) is 0 Å². The summed E-state index contributed by atoms with van der Waals surface area (Å²) in [5.74, 6) is -0.362. The summed E-state index contributed by atoms with van der Waals surface area (Å²) < 4.78 is 17.0. The zero-order valence-electron chi connectivity index (χ0n) is 17.5. The number of rotatable bonds is 6. The van der Waals surface area contributed by atoms with Crippen LogP contribution in [-0.4, -0.2) is 52.4 Å². The Balaban J connectivity index is 1.47. The molecule has 0 bridgehead atoms. The van der Waals surface area contributed by atoms with Gasteiger partial charge in [0.1, 0.15) is 0 Å². The molecule has 2 aliphatic rings. The fraction of sp³-hybridized carbons (Fsp3) is 0.619. The monoisotopic (exact) mass is 432 g/mol. The largest absolute Gasteiger partial charge is 0.462 e. The maximum atomic E-state index is 12.8. The smallest absolute Gasteiger partial charge is 0.340 e. The van der Waals surface area contributed by atoms with Crippen LogP contribution in [0.2, 0.25) is 0 Å². The minimum atomic E-state index is -0.338. The van der Waals surface area contributed by atoms with Gasteiger partial charge >= 0.3 is 5.97 Å². The van der Waals surface area contributed by atoms with Gasteiger partial charge in [0.05, 0.1) is 35.3 Å². The molecular weight excluding hydrogens is 404 g/mol. The van der Waals surface area contributed by atoms with E-state index in [1.807, 2.05) is 18.5 Å². The predicted octanol–water partition coefficient (Wildman–Crippen LogP) is 2.54. The molecule has 1 spiro atoms. The maximum absolute atomic E-state index is 12.8. The zero-order chi connectivity index (χ0) is 21.1. The Labute approximate surface area is 180 Å². The molecule has 4 heterocycles. The van der Waals surface area contributed by atoms with Gasteiger partial charge in [-0.1, -0.05) is 6.92 Å². The molecule has 0 atom stereocenters. The average Bonchev–Trinajstić information content (AvgIpc) is 3.29. The Morgan fingerprint density at radius 3 is 2.90 bits per heavy atom. The molecule has 0 radical (unpaired) electrons. The molecule has 0 saturated carbocycles. The highest BCUT2D eigenvalue weighted by atomic mass is 32.1. The number of nitrogens with zero attached hydrogens (tertiary/aromatic N) is 3. The number of esters is 1. The number of hydrogen-bond donors (Lipinski definition) is 1. The second-order valence-corrected chi connectivity index (χ2v) is 9.11. The highest BCUT2D eigenvalue weighted by Gasteiger charge is 2.39. The summed E-state index contributed by atoms with van der Waals surface area (Å²) in [4.78, 5) is 25.9. The summed E-state index contributed by atoms with van der Waals surface area (Å²) in [5, 5.41) is 7.87. The molecule has 0 aromatic carbocycles. The van der Waals surface area contributed by atoms with Crippen LogP contribution in [0.1, 0.15) is 63.2 Å². The molecule has 1 saturated heterocycles. The van der Waals surface area contributed by atoms with Crippen LogP contribution in [0, 0.1) is 12.3 Å². The van der Waals surface area contributed by atoms with Crippen molar-refractivity contribution in [1.29, 1.82) is 0 Å². The number of aryl methyl sites for hydroxylation is 3. The number of amides is 1.